The highest BCUT2D eigenvalue weighted by atomic mass is 32.2. The number of amides is 1. The molecule has 72 heavy (non-hydrogen) atoms. The molecule has 0 radical (unpaired) electrons. The van der Waals surface area contributed by atoms with Gasteiger partial charge in [-0.2, -0.15) is 36.8 Å². The van der Waals surface area contributed by atoms with E-state index in [1.807, 2.05) is 152 Å². The number of likely N-dealkylation sites (N-methyl/N-ethyl adjacent to an activating group) is 1. The molecule has 14 heteroatoms. The number of hydrogen-bond donors (Lipinski definition) is 0. The van der Waals surface area contributed by atoms with Crippen molar-refractivity contribution < 1.29 is 9.59 Å². The number of benzene rings is 3. The number of rotatable bonds is 2. The third kappa shape index (κ3) is 21.8. The summed E-state index contributed by atoms with van der Waals surface area (Å²) in [7, 11) is 1.69. The molecule has 1 aliphatic heterocycles. The first kappa shape index (κ1) is 67.1. The van der Waals surface area contributed by atoms with Gasteiger partial charge >= 0.3 is 0 Å². The largest absolute Gasteiger partial charge is 0.296 e. The van der Waals surface area contributed by atoms with Crippen molar-refractivity contribution in [3.63, 3.8) is 0 Å². The van der Waals surface area contributed by atoms with Gasteiger partial charge in [-0.15, -0.1) is 0 Å². The van der Waals surface area contributed by atoms with Crippen LogP contribution in [0.25, 0.3) is 21.6 Å². The molecule has 12 nitrogen and oxygen atoms in total. The minimum absolute atomic E-state index is 0.0116. The first-order chi connectivity index (χ1) is 34.4. The molecule has 0 atom stereocenters. The highest BCUT2D eigenvalue weighted by Crippen LogP contribution is 2.40. The van der Waals surface area contributed by atoms with E-state index in [0.29, 0.717) is 48.9 Å². The van der Waals surface area contributed by atoms with Gasteiger partial charge in [0.15, 0.2) is 5.78 Å². The monoisotopic (exact) mass is 990 g/mol. The maximum atomic E-state index is 12.3. The van der Waals surface area contributed by atoms with Gasteiger partial charge in [-0.05, 0) is 84.6 Å². The van der Waals surface area contributed by atoms with Crippen molar-refractivity contribution in [2.45, 2.75) is 90.0 Å². The van der Waals surface area contributed by atoms with Crippen LogP contribution in [0, 0.1) is 97.2 Å². The van der Waals surface area contributed by atoms with E-state index in [2.05, 4.69) is 10.9 Å². The number of thioether (sulfide) groups is 1. The third-order valence-electron chi connectivity index (χ3n) is 8.95. The minimum atomic E-state index is -0.1000. The normalized spacial score (nSPS) is 12.9. The SMILES string of the molecule is C/C(C#N)=C(/C)C#N.C/C(C#N)=C(\C#N)c1ccccc1.C/C=C(\C#N)c1ccccc1.C/C=C1\SC(=S)N(C)C1=O.CC.CC.CC(C)=C(C#N)C#N.[C-]#[N+]/C(C#N)=C1\C(=C(C)C)C(=O)c2ccccc21. The average molecular weight is 991 g/mol. The molecule has 0 aromatic heterocycles. The lowest BCUT2D eigenvalue weighted by Crippen LogP contribution is -2.22. The van der Waals surface area contributed by atoms with Gasteiger partial charge in [0.25, 0.3) is 11.6 Å². The Morgan fingerprint density at radius 3 is 1.33 bits per heavy atom. The maximum Gasteiger partial charge on any atom is 0.270 e. The van der Waals surface area contributed by atoms with E-state index < -0.39 is 0 Å². The molecule has 5 rings (SSSR count). The lowest BCUT2D eigenvalue weighted by atomic mass is 10.00. The summed E-state index contributed by atoms with van der Waals surface area (Å²) in [5.41, 5.74) is 8.40. The first-order valence-corrected chi connectivity index (χ1v) is 23.3. The summed E-state index contributed by atoms with van der Waals surface area (Å²) >= 11 is 6.24. The molecule has 3 aromatic carbocycles. The summed E-state index contributed by atoms with van der Waals surface area (Å²) < 4.78 is 0.637. The predicted molar refractivity (Wildman–Crippen MR) is 293 cm³/mol. The molecule has 0 N–H and O–H groups in total. The molecule has 2 aliphatic rings. The summed E-state index contributed by atoms with van der Waals surface area (Å²) in [6, 6.07) is 41.2. The second kappa shape index (κ2) is 38.8. The smallest absolute Gasteiger partial charge is 0.270 e. The molecule has 1 heterocycles. The number of ketones is 1. The fourth-order valence-electron chi connectivity index (χ4n) is 5.13. The lowest BCUT2D eigenvalue weighted by Gasteiger charge is -2.03. The average Bonchev–Trinajstić information content (AvgIpc) is 3.86. The lowest BCUT2D eigenvalue weighted by molar-refractivity contribution is -0.121. The summed E-state index contributed by atoms with van der Waals surface area (Å²) in [5.74, 6) is -0.0884. The molecule has 3 aromatic rings. The number of thiocarbonyl (C=S) groups is 1. The van der Waals surface area contributed by atoms with Crippen molar-refractivity contribution in [2.75, 3.05) is 7.05 Å². The first-order valence-electron chi connectivity index (χ1n) is 22.0. The number of Topliss-reactive ketones (excluding diaryl/α,β-unsaturated/α-hetero) is 1. The van der Waals surface area contributed by atoms with Gasteiger partial charge < -0.3 is 0 Å². The Morgan fingerprint density at radius 2 is 1.04 bits per heavy atom. The maximum absolute atomic E-state index is 12.3. The van der Waals surface area contributed by atoms with Crippen LogP contribution in [0.1, 0.15) is 117 Å². The van der Waals surface area contributed by atoms with Crippen LogP contribution < -0.4 is 0 Å². The van der Waals surface area contributed by atoms with Crippen molar-refractivity contribution in [2.24, 2.45) is 0 Å². The minimum Gasteiger partial charge on any atom is -0.296 e. The van der Waals surface area contributed by atoms with Crippen LogP contribution in [0.5, 0.6) is 0 Å². The van der Waals surface area contributed by atoms with Crippen LogP contribution in [-0.2, 0) is 4.79 Å². The fraction of sp³-hybridized carbons (Fsp3) is 0.241. The predicted octanol–water partition coefficient (Wildman–Crippen LogP) is 14.7. The van der Waals surface area contributed by atoms with Crippen molar-refractivity contribution in [1.82, 2.24) is 4.90 Å². The summed E-state index contributed by atoms with van der Waals surface area (Å²) in [4.78, 5) is 28.8. The van der Waals surface area contributed by atoms with Crippen molar-refractivity contribution in [3.8, 4) is 48.6 Å². The summed E-state index contributed by atoms with van der Waals surface area (Å²) in [6.45, 7) is 30.8. The molecule has 1 amide bonds. The van der Waals surface area contributed by atoms with Crippen molar-refractivity contribution in [1.29, 1.82) is 42.1 Å². The highest BCUT2D eigenvalue weighted by molar-refractivity contribution is 8.26. The van der Waals surface area contributed by atoms with Crippen LogP contribution in [0.15, 0.2) is 147 Å². The van der Waals surface area contributed by atoms with Crippen molar-refractivity contribution >= 4 is 56.7 Å². The van der Waals surface area contributed by atoms with Gasteiger partial charge in [-0.1, -0.05) is 154 Å². The van der Waals surface area contributed by atoms with E-state index in [4.69, 9.17) is 60.9 Å². The number of nitrogens with zero attached hydrogens (tertiary/aromatic N) is 10. The zero-order chi connectivity index (χ0) is 55.9. The van der Waals surface area contributed by atoms with Gasteiger partial charge in [-0.25, -0.2) is 10.1 Å². The highest BCUT2D eigenvalue weighted by Gasteiger charge is 2.32. The number of fused-ring (bicyclic) bond motifs is 1. The van der Waals surface area contributed by atoms with Crippen LogP contribution in [0.3, 0.4) is 0 Å². The molecule has 1 aliphatic carbocycles. The third-order valence-corrected chi connectivity index (χ3v) is 10.6. The van der Waals surface area contributed by atoms with E-state index in [-0.39, 0.29) is 23.0 Å². The van der Waals surface area contributed by atoms with Crippen LogP contribution in [0.4, 0.5) is 0 Å². The fourth-order valence-corrected chi connectivity index (χ4v) is 6.24. The van der Waals surface area contributed by atoms with Crippen LogP contribution in [-0.4, -0.2) is 28.0 Å². The van der Waals surface area contributed by atoms with E-state index in [1.165, 1.54) is 16.7 Å². The number of carbonyl (C=O) groups excluding carboxylic acids is 2. The molecule has 0 saturated carbocycles. The number of carbonyl (C=O) groups is 2. The molecule has 0 bridgehead atoms. The topological polar surface area (TPSA) is 232 Å². The van der Waals surface area contributed by atoms with Crippen LogP contribution >= 0.6 is 24.0 Å². The molecule has 1 saturated heterocycles. The van der Waals surface area contributed by atoms with Gasteiger partial charge in [-0.3, -0.25) is 14.5 Å². The Morgan fingerprint density at radius 1 is 0.597 bits per heavy atom. The molecule has 1 fully saturated rings. The van der Waals surface area contributed by atoms with E-state index in [1.54, 1.807) is 84.1 Å². The Hall–Kier alpha value is -9.17. The second-order valence-electron chi connectivity index (χ2n) is 13.9. The Labute approximate surface area is 437 Å². The van der Waals surface area contributed by atoms with E-state index >= 15 is 0 Å². The quantitative estimate of drug-likeness (QED) is 0.101. The van der Waals surface area contributed by atoms with E-state index in [9.17, 15) is 9.59 Å². The molecule has 0 unspecified atom stereocenters. The Kier molecular flexibility index (Phi) is 36.1. The van der Waals surface area contributed by atoms with Gasteiger partial charge in [0.2, 0.25) is 0 Å². The molecule has 364 valence electrons. The Balaban J connectivity index is -0.000000801. The zero-order valence-electron chi connectivity index (χ0n) is 43.3. The molecular weight excluding hydrogens is 933 g/mol. The van der Waals surface area contributed by atoms with Crippen LogP contribution in [0.2, 0.25) is 0 Å². The molecular formula is C58H58N10O2S2. The zero-order valence-corrected chi connectivity index (χ0v) is 45.0. The second-order valence-corrected chi connectivity index (χ2v) is 15.6. The van der Waals surface area contributed by atoms with Gasteiger partial charge in [0.05, 0.1) is 53.0 Å². The Bertz CT molecular complexity index is 2950. The number of hydrogen-bond acceptors (Lipinski definition) is 12. The van der Waals surface area contributed by atoms with Gasteiger partial charge in [0, 0.05) is 40.5 Å². The summed E-state index contributed by atoms with van der Waals surface area (Å²) in [6.07, 6.45) is 3.60. The molecule has 0 spiro atoms. The van der Waals surface area contributed by atoms with E-state index in [0.717, 1.165) is 32.8 Å². The number of allylic oxidation sites excluding steroid dienone is 13. The summed E-state index contributed by atoms with van der Waals surface area (Å²) in [5, 5.41) is 67.9. The number of nitriles is 8. The van der Waals surface area contributed by atoms with Crippen molar-refractivity contribution in [3.05, 3.63) is 180 Å². The van der Waals surface area contributed by atoms with Gasteiger partial charge in [0.1, 0.15) is 28.1 Å². The standard InChI is InChI=1S/C15H10N2O.C11H8N2.C10H9N.2C6H6N2.C6H7NOS2.2C2H6/c1-9(2)13-14(12(8-16)17-3)10-6-4-5-7-11(10)15(13)18;1-9(7-12)11(8-13)10-5-3-2-4-6-10;1-2-9(8-11)10-6-4-3-5-7-10;1-5(3-7)6(2)4-8;1-5(2)6(3-7)4-8;1-3-4-5(8)7(2)6(9)10-4;2*1-2/h4-7H,1-2H3;2-6H,1H3;2-7H,1H3;2*1-2H3;3H,1-2H3;2*1-2H3/b14-12-;11-9-;9-2+;6-5+;;4-3-;;.